The maximum Gasteiger partial charge on any atom is 0.408 e. The average molecular weight is 260 g/mol. The molecule has 1 rings (SSSR count). The lowest BCUT2D eigenvalue weighted by Gasteiger charge is -2.35. The van der Waals surface area contributed by atoms with E-state index in [0.29, 0.717) is 26.1 Å². The van der Waals surface area contributed by atoms with Crippen molar-refractivity contribution >= 4 is 6.09 Å². The van der Waals surface area contributed by atoms with Gasteiger partial charge in [0.05, 0.1) is 12.1 Å². The topological polar surface area (TPSA) is 93.8 Å². The van der Waals surface area contributed by atoms with Crippen molar-refractivity contribution < 1.29 is 19.4 Å². The highest BCUT2D eigenvalue weighted by molar-refractivity contribution is 5.69. The van der Waals surface area contributed by atoms with Gasteiger partial charge in [-0.1, -0.05) is 0 Å². The Bertz CT molecular complexity index is 282. The van der Waals surface area contributed by atoms with Crippen LogP contribution in [-0.2, 0) is 9.47 Å². The lowest BCUT2D eigenvalue weighted by molar-refractivity contribution is 0.0408. The number of nitrogens with one attached hydrogen (secondary N) is 1. The standard InChI is InChI=1S/C12H24N2O4/c1-11(2,3)18-10(16)14-12(5-7-17-8-12)9(13)4-6-15/h9,15H,4-8,13H2,1-3H3,(H,14,16). The smallest absolute Gasteiger partial charge is 0.408 e. The number of amides is 1. The van der Waals surface area contributed by atoms with Crippen LogP contribution >= 0.6 is 0 Å². The van der Waals surface area contributed by atoms with Crippen LogP contribution < -0.4 is 11.1 Å². The predicted molar refractivity (Wildman–Crippen MR) is 67.2 cm³/mol. The van der Waals surface area contributed by atoms with E-state index in [2.05, 4.69) is 5.32 Å². The van der Waals surface area contributed by atoms with Gasteiger partial charge in [-0.25, -0.2) is 4.79 Å². The summed E-state index contributed by atoms with van der Waals surface area (Å²) in [6.07, 6.45) is 0.549. The van der Waals surface area contributed by atoms with Gasteiger partial charge >= 0.3 is 6.09 Å². The Morgan fingerprint density at radius 2 is 2.28 bits per heavy atom. The van der Waals surface area contributed by atoms with Crippen molar-refractivity contribution in [2.45, 2.75) is 50.8 Å². The van der Waals surface area contributed by atoms with Gasteiger partial charge in [-0.2, -0.15) is 0 Å². The van der Waals surface area contributed by atoms with Crippen molar-refractivity contribution in [3.05, 3.63) is 0 Å². The number of rotatable bonds is 4. The van der Waals surface area contributed by atoms with Crippen molar-refractivity contribution in [2.24, 2.45) is 5.73 Å². The average Bonchev–Trinajstić information content (AvgIpc) is 2.64. The largest absolute Gasteiger partial charge is 0.444 e. The Kier molecular flexibility index (Phi) is 4.95. The van der Waals surface area contributed by atoms with Crippen molar-refractivity contribution in [1.82, 2.24) is 5.32 Å². The van der Waals surface area contributed by atoms with Crippen molar-refractivity contribution in [3.63, 3.8) is 0 Å². The summed E-state index contributed by atoms with van der Waals surface area (Å²) < 4.78 is 10.6. The number of carbonyl (C=O) groups excluding carboxylic acids is 1. The molecular weight excluding hydrogens is 236 g/mol. The molecule has 0 aromatic rings. The van der Waals surface area contributed by atoms with Crippen LogP contribution in [0.5, 0.6) is 0 Å². The van der Waals surface area contributed by atoms with Gasteiger partial charge in [0.2, 0.25) is 0 Å². The molecule has 1 amide bonds. The van der Waals surface area contributed by atoms with E-state index in [9.17, 15) is 4.79 Å². The fourth-order valence-corrected chi connectivity index (χ4v) is 1.99. The third-order valence-corrected chi connectivity index (χ3v) is 2.95. The molecule has 0 saturated carbocycles. The van der Waals surface area contributed by atoms with Gasteiger partial charge in [0.25, 0.3) is 0 Å². The zero-order chi connectivity index (χ0) is 13.8. The van der Waals surface area contributed by atoms with E-state index in [4.69, 9.17) is 20.3 Å². The summed E-state index contributed by atoms with van der Waals surface area (Å²) >= 11 is 0. The first kappa shape index (κ1) is 15.2. The monoisotopic (exact) mass is 260 g/mol. The highest BCUT2D eigenvalue weighted by atomic mass is 16.6. The minimum Gasteiger partial charge on any atom is -0.444 e. The maximum atomic E-state index is 11.8. The molecule has 0 aliphatic carbocycles. The van der Waals surface area contributed by atoms with Gasteiger partial charge in [-0.05, 0) is 33.6 Å². The minimum atomic E-state index is -0.634. The second-order valence-electron chi connectivity index (χ2n) is 5.70. The van der Waals surface area contributed by atoms with Crippen molar-refractivity contribution in [3.8, 4) is 0 Å². The molecule has 1 fully saturated rings. The van der Waals surface area contributed by atoms with Crippen LogP contribution in [0.15, 0.2) is 0 Å². The Morgan fingerprint density at radius 3 is 2.72 bits per heavy atom. The van der Waals surface area contributed by atoms with Gasteiger partial charge in [0, 0.05) is 19.3 Å². The van der Waals surface area contributed by atoms with Gasteiger partial charge in [-0.15, -0.1) is 0 Å². The minimum absolute atomic E-state index is 0.0150. The summed E-state index contributed by atoms with van der Waals surface area (Å²) in [5.41, 5.74) is 4.84. The number of alkyl carbamates (subject to hydrolysis) is 1. The van der Waals surface area contributed by atoms with E-state index in [1.807, 2.05) is 0 Å². The Morgan fingerprint density at radius 1 is 1.61 bits per heavy atom. The first-order valence-electron chi connectivity index (χ1n) is 6.24. The Labute approximate surface area is 108 Å². The number of aliphatic hydroxyl groups is 1. The normalized spacial score (nSPS) is 25.8. The SMILES string of the molecule is CC(C)(C)OC(=O)NC1(C(N)CCO)CCOC1. The summed E-state index contributed by atoms with van der Waals surface area (Å²) in [7, 11) is 0. The molecule has 6 heteroatoms. The van der Waals surface area contributed by atoms with Crippen LogP contribution in [0.1, 0.15) is 33.6 Å². The van der Waals surface area contributed by atoms with Crippen molar-refractivity contribution in [2.75, 3.05) is 19.8 Å². The van der Waals surface area contributed by atoms with Crippen LogP contribution in [0.4, 0.5) is 4.79 Å². The molecule has 2 atom stereocenters. The molecule has 106 valence electrons. The fraction of sp³-hybridized carbons (Fsp3) is 0.917. The van der Waals surface area contributed by atoms with E-state index < -0.39 is 17.2 Å². The number of ether oxygens (including phenoxy) is 2. The van der Waals surface area contributed by atoms with Gasteiger partial charge in [0.1, 0.15) is 5.60 Å². The lowest BCUT2D eigenvalue weighted by atomic mass is 9.88. The molecule has 0 bridgehead atoms. The third kappa shape index (κ3) is 4.12. The molecule has 18 heavy (non-hydrogen) atoms. The van der Waals surface area contributed by atoms with Crippen LogP contribution in [0, 0.1) is 0 Å². The third-order valence-electron chi connectivity index (χ3n) is 2.95. The zero-order valence-corrected chi connectivity index (χ0v) is 11.4. The summed E-state index contributed by atoms with van der Waals surface area (Å²) in [5.74, 6) is 0. The Hall–Kier alpha value is -0.850. The van der Waals surface area contributed by atoms with Crippen LogP contribution in [0.25, 0.3) is 0 Å². The van der Waals surface area contributed by atoms with Crippen LogP contribution in [-0.4, -0.2) is 48.2 Å². The van der Waals surface area contributed by atoms with Gasteiger partial charge in [-0.3, -0.25) is 0 Å². The number of aliphatic hydroxyl groups excluding tert-OH is 1. The molecule has 0 radical (unpaired) electrons. The van der Waals surface area contributed by atoms with E-state index in [-0.39, 0.29) is 12.6 Å². The second-order valence-corrected chi connectivity index (χ2v) is 5.70. The molecule has 0 aromatic heterocycles. The van der Waals surface area contributed by atoms with E-state index in [0.717, 1.165) is 0 Å². The Balaban J connectivity index is 2.65. The van der Waals surface area contributed by atoms with Crippen molar-refractivity contribution in [1.29, 1.82) is 0 Å². The molecule has 4 N–H and O–H groups in total. The summed E-state index contributed by atoms with van der Waals surface area (Å²) in [4.78, 5) is 11.8. The molecule has 1 aliphatic heterocycles. The molecule has 1 saturated heterocycles. The lowest BCUT2D eigenvalue weighted by Crippen LogP contribution is -2.61. The molecule has 1 aliphatic rings. The molecular formula is C12H24N2O4. The van der Waals surface area contributed by atoms with Gasteiger partial charge in [0.15, 0.2) is 0 Å². The van der Waals surface area contributed by atoms with Crippen LogP contribution in [0.2, 0.25) is 0 Å². The quantitative estimate of drug-likeness (QED) is 0.679. The molecule has 2 unspecified atom stereocenters. The van der Waals surface area contributed by atoms with E-state index in [1.165, 1.54) is 0 Å². The van der Waals surface area contributed by atoms with E-state index >= 15 is 0 Å². The summed E-state index contributed by atoms with van der Waals surface area (Å²) in [6, 6.07) is -0.350. The summed E-state index contributed by atoms with van der Waals surface area (Å²) in [6.45, 7) is 6.30. The zero-order valence-electron chi connectivity index (χ0n) is 11.4. The number of hydrogen-bond acceptors (Lipinski definition) is 5. The molecule has 0 aromatic carbocycles. The number of carbonyl (C=O) groups is 1. The highest BCUT2D eigenvalue weighted by Gasteiger charge is 2.42. The first-order chi connectivity index (χ1) is 8.29. The number of hydrogen-bond donors (Lipinski definition) is 3. The first-order valence-corrected chi connectivity index (χ1v) is 6.24. The highest BCUT2D eigenvalue weighted by Crippen LogP contribution is 2.24. The summed E-state index contributed by atoms with van der Waals surface area (Å²) in [5, 5.41) is 11.8. The maximum absolute atomic E-state index is 11.8. The van der Waals surface area contributed by atoms with Crippen LogP contribution in [0.3, 0.4) is 0 Å². The molecule has 1 heterocycles. The fourth-order valence-electron chi connectivity index (χ4n) is 1.99. The second kappa shape index (κ2) is 5.86. The van der Waals surface area contributed by atoms with E-state index in [1.54, 1.807) is 20.8 Å². The molecule has 6 nitrogen and oxygen atoms in total. The molecule has 0 spiro atoms. The van der Waals surface area contributed by atoms with Gasteiger partial charge < -0.3 is 25.6 Å². The number of nitrogens with two attached hydrogens (primary N) is 1. The predicted octanol–water partition coefficient (Wildman–Crippen LogP) is 0.380.